The lowest BCUT2D eigenvalue weighted by molar-refractivity contribution is 0.309. The minimum absolute atomic E-state index is 0.475. The summed E-state index contributed by atoms with van der Waals surface area (Å²) in [6, 6.07) is 0. The van der Waals surface area contributed by atoms with E-state index in [1.807, 2.05) is 11.8 Å². The van der Waals surface area contributed by atoms with Crippen LogP contribution in [0.2, 0.25) is 0 Å². The fourth-order valence-corrected chi connectivity index (χ4v) is 2.41. The van der Waals surface area contributed by atoms with Crippen molar-refractivity contribution in [3.63, 3.8) is 0 Å². The zero-order chi connectivity index (χ0) is 8.81. The summed E-state index contributed by atoms with van der Waals surface area (Å²) in [4.78, 5) is 0. The molecule has 1 aliphatic carbocycles. The Morgan fingerprint density at radius 1 is 1.50 bits per heavy atom. The van der Waals surface area contributed by atoms with Gasteiger partial charge in [-0.25, -0.2) is 0 Å². The van der Waals surface area contributed by atoms with Gasteiger partial charge in [0.15, 0.2) is 0 Å². The van der Waals surface area contributed by atoms with Crippen LogP contribution in [0.4, 0.5) is 0 Å². The summed E-state index contributed by atoms with van der Waals surface area (Å²) in [7, 11) is 0. The maximum Gasteiger partial charge on any atom is 0.0342 e. The van der Waals surface area contributed by atoms with Crippen molar-refractivity contribution in [3.8, 4) is 0 Å². The number of hydrogen-bond acceptors (Lipinski definition) is 2. The van der Waals surface area contributed by atoms with E-state index in [9.17, 15) is 0 Å². The first-order valence-corrected chi connectivity index (χ1v) is 6.49. The van der Waals surface area contributed by atoms with Crippen molar-refractivity contribution in [1.29, 1.82) is 0 Å². The molecule has 0 aliphatic heterocycles. The molecule has 0 aromatic rings. The topological polar surface area (TPSA) is 12.0 Å². The van der Waals surface area contributed by atoms with Crippen molar-refractivity contribution >= 4 is 23.4 Å². The highest BCUT2D eigenvalue weighted by atomic mass is 35.5. The van der Waals surface area contributed by atoms with Gasteiger partial charge in [-0.05, 0) is 50.3 Å². The molecule has 1 nitrogen and oxygen atoms in total. The molecule has 0 aromatic carbocycles. The summed E-state index contributed by atoms with van der Waals surface area (Å²) in [6.45, 7) is 2.35. The van der Waals surface area contributed by atoms with E-state index < -0.39 is 0 Å². The van der Waals surface area contributed by atoms with Gasteiger partial charge in [-0.1, -0.05) is 0 Å². The van der Waals surface area contributed by atoms with Crippen molar-refractivity contribution in [1.82, 2.24) is 5.32 Å². The van der Waals surface area contributed by atoms with Crippen molar-refractivity contribution in [2.24, 2.45) is 5.92 Å². The van der Waals surface area contributed by atoms with Crippen molar-refractivity contribution in [2.75, 3.05) is 25.1 Å². The Kier molecular flexibility index (Phi) is 5.44. The number of hydrogen-bond donors (Lipinski definition) is 1. The zero-order valence-corrected chi connectivity index (χ0v) is 9.26. The van der Waals surface area contributed by atoms with Gasteiger partial charge in [-0.3, -0.25) is 0 Å². The van der Waals surface area contributed by atoms with Crippen molar-refractivity contribution in [3.05, 3.63) is 0 Å². The largest absolute Gasteiger partial charge is 0.316 e. The van der Waals surface area contributed by atoms with E-state index in [0.717, 1.165) is 5.92 Å². The molecule has 0 spiro atoms. The first kappa shape index (κ1) is 10.7. The van der Waals surface area contributed by atoms with Gasteiger partial charge in [0.2, 0.25) is 0 Å². The second kappa shape index (κ2) is 6.11. The molecule has 1 rings (SSSR count). The molecular formula is C9H18ClNS. The summed E-state index contributed by atoms with van der Waals surface area (Å²) >= 11 is 7.79. The van der Waals surface area contributed by atoms with Gasteiger partial charge in [0.25, 0.3) is 0 Å². The number of nitrogens with one attached hydrogen (secondary N) is 1. The highest BCUT2D eigenvalue weighted by Gasteiger charge is 2.26. The second-order valence-corrected chi connectivity index (χ2v) is 5.09. The molecule has 0 saturated heterocycles. The number of alkyl halides is 1. The molecule has 0 amide bonds. The number of thioether (sulfide) groups is 1. The molecule has 0 unspecified atom stereocenters. The third kappa shape index (κ3) is 4.01. The molecular weight excluding hydrogens is 190 g/mol. The van der Waals surface area contributed by atoms with Crippen LogP contribution in [-0.2, 0) is 0 Å². The van der Waals surface area contributed by atoms with Gasteiger partial charge in [0.1, 0.15) is 0 Å². The number of rotatable bonds is 6. The summed E-state index contributed by atoms with van der Waals surface area (Å²) in [6.07, 6.45) is 5.89. The molecule has 12 heavy (non-hydrogen) atoms. The minimum Gasteiger partial charge on any atom is -0.316 e. The Bertz CT molecular complexity index is 115. The molecule has 0 radical (unpaired) electrons. The van der Waals surface area contributed by atoms with Crippen LogP contribution in [0, 0.1) is 5.92 Å². The predicted octanol–water partition coefficient (Wildman–Crippen LogP) is 2.35. The van der Waals surface area contributed by atoms with E-state index >= 15 is 0 Å². The third-order valence-corrected chi connectivity index (χ3v) is 3.37. The van der Waals surface area contributed by atoms with Crippen molar-refractivity contribution in [2.45, 2.75) is 24.6 Å². The van der Waals surface area contributed by atoms with E-state index in [2.05, 4.69) is 11.6 Å². The van der Waals surface area contributed by atoms with Gasteiger partial charge in [-0.2, -0.15) is 11.8 Å². The van der Waals surface area contributed by atoms with Gasteiger partial charge in [0.05, 0.1) is 0 Å². The van der Waals surface area contributed by atoms with E-state index in [4.69, 9.17) is 11.6 Å². The Hall–Kier alpha value is 0.600. The van der Waals surface area contributed by atoms with Crippen LogP contribution in [0.5, 0.6) is 0 Å². The van der Waals surface area contributed by atoms with Crippen molar-refractivity contribution < 1.29 is 0 Å². The molecule has 1 aliphatic rings. The van der Waals surface area contributed by atoms with Crippen LogP contribution in [0.1, 0.15) is 19.3 Å². The maximum atomic E-state index is 5.88. The Morgan fingerprint density at radius 3 is 2.83 bits per heavy atom. The normalized spacial score (nSPS) is 28.5. The average Bonchev–Trinajstić information content (AvgIpc) is 2.00. The van der Waals surface area contributed by atoms with Crippen LogP contribution >= 0.6 is 23.4 Å². The highest BCUT2D eigenvalue weighted by molar-refractivity contribution is 7.98. The molecule has 1 N–H and O–H groups in total. The average molecular weight is 208 g/mol. The molecule has 0 heterocycles. The second-order valence-electron chi connectivity index (χ2n) is 3.49. The van der Waals surface area contributed by atoms with E-state index in [1.54, 1.807) is 0 Å². The molecule has 3 heteroatoms. The lowest BCUT2D eigenvalue weighted by atomic mass is 9.85. The Morgan fingerprint density at radius 2 is 2.25 bits per heavy atom. The summed E-state index contributed by atoms with van der Waals surface area (Å²) in [5, 5.41) is 3.95. The minimum atomic E-state index is 0.475. The third-order valence-electron chi connectivity index (χ3n) is 2.31. The van der Waals surface area contributed by atoms with E-state index in [1.165, 1.54) is 38.1 Å². The summed E-state index contributed by atoms with van der Waals surface area (Å²) < 4.78 is 0. The number of halogens is 1. The smallest absolute Gasteiger partial charge is 0.0342 e. The van der Waals surface area contributed by atoms with Gasteiger partial charge in [-0.15, -0.1) is 11.6 Å². The fourth-order valence-electron chi connectivity index (χ4n) is 1.47. The molecule has 0 atom stereocenters. The first-order valence-electron chi connectivity index (χ1n) is 4.66. The SMILES string of the molecule is CSCCCNCC1CC(Cl)C1. The predicted molar refractivity (Wildman–Crippen MR) is 58.2 cm³/mol. The molecule has 1 fully saturated rings. The molecule has 1 saturated carbocycles. The van der Waals surface area contributed by atoms with Crippen LogP contribution < -0.4 is 5.32 Å². The summed E-state index contributed by atoms with van der Waals surface area (Å²) in [5.74, 6) is 2.14. The van der Waals surface area contributed by atoms with Gasteiger partial charge in [0, 0.05) is 5.38 Å². The Labute approximate surface area is 84.6 Å². The van der Waals surface area contributed by atoms with Crippen LogP contribution in [0.3, 0.4) is 0 Å². The van der Waals surface area contributed by atoms with Gasteiger partial charge < -0.3 is 5.32 Å². The summed E-state index contributed by atoms with van der Waals surface area (Å²) in [5.41, 5.74) is 0. The van der Waals surface area contributed by atoms with Gasteiger partial charge >= 0.3 is 0 Å². The lowest BCUT2D eigenvalue weighted by Gasteiger charge is -2.30. The highest BCUT2D eigenvalue weighted by Crippen LogP contribution is 2.30. The monoisotopic (exact) mass is 207 g/mol. The van der Waals surface area contributed by atoms with Crippen LogP contribution in [0.15, 0.2) is 0 Å². The standard InChI is InChI=1S/C9H18ClNS/c1-12-4-2-3-11-7-8-5-9(10)6-8/h8-9,11H,2-7H2,1H3. The fraction of sp³-hybridized carbons (Fsp3) is 1.00. The lowest BCUT2D eigenvalue weighted by Crippen LogP contribution is -2.34. The Balaban J connectivity index is 1.77. The first-order chi connectivity index (χ1) is 5.83. The maximum absolute atomic E-state index is 5.88. The molecule has 0 bridgehead atoms. The van der Waals surface area contributed by atoms with Crippen LogP contribution in [-0.4, -0.2) is 30.5 Å². The quantitative estimate of drug-likeness (QED) is 0.530. The molecule has 0 aromatic heterocycles. The van der Waals surface area contributed by atoms with E-state index in [0.29, 0.717) is 5.38 Å². The zero-order valence-electron chi connectivity index (χ0n) is 7.68. The van der Waals surface area contributed by atoms with E-state index in [-0.39, 0.29) is 0 Å². The van der Waals surface area contributed by atoms with Crippen LogP contribution in [0.25, 0.3) is 0 Å². The molecule has 72 valence electrons.